The van der Waals surface area contributed by atoms with Gasteiger partial charge in [-0.3, -0.25) is 4.79 Å². The van der Waals surface area contributed by atoms with E-state index < -0.39 is 12.1 Å². The highest BCUT2D eigenvalue weighted by Crippen LogP contribution is 2.23. The van der Waals surface area contributed by atoms with Crippen molar-refractivity contribution in [2.45, 2.75) is 33.3 Å². The van der Waals surface area contributed by atoms with E-state index >= 15 is 0 Å². The van der Waals surface area contributed by atoms with Gasteiger partial charge in [-0.25, -0.2) is 9.78 Å². The Hall–Kier alpha value is -3.22. The van der Waals surface area contributed by atoms with Crippen molar-refractivity contribution in [2.24, 2.45) is 0 Å². The molecule has 2 heterocycles. The molecule has 0 saturated heterocycles. The van der Waals surface area contributed by atoms with Crippen molar-refractivity contribution in [3.8, 4) is 0 Å². The summed E-state index contributed by atoms with van der Waals surface area (Å²) in [5, 5.41) is 7.09. The van der Waals surface area contributed by atoms with Crippen molar-refractivity contribution in [1.82, 2.24) is 10.1 Å². The second-order valence-corrected chi connectivity index (χ2v) is 5.92. The molecule has 1 atom stereocenters. The normalized spacial score (nSPS) is 12.0. The van der Waals surface area contributed by atoms with Crippen LogP contribution in [-0.2, 0) is 9.53 Å². The topological polar surface area (TPSA) is 94.3 Å². The summed E-state index contributed by atoms with van der Waals surface area (Å²) in [6.07, 6.45) is -0.563. The van der Waals surface area contributed by atoms with Gasteiger partial charge in [-0.1, -0.05) is 30.3 Å². The lowest BCUT2D eigenvalue weighted by atomic mass is 10.1. The number of hydrogen-bond acceptors (Lipinski definition) is 6. The van der Waals surface area contributed by atoms with Gasteiger partial charge in [0, 0.05) is 11.4 Å². The van der Waals surface area contributed by atoms with Crippen LogP contribution in [0.15, 0.2) is 40.9 Å². The molecule has 0 fully saturated rings. The van der Waals surface area contributed by atoms with Crippen LogP contribution >= 0.6 is 0 Å². The monoisotopic (exact) mass is 353 g/mol. The van der Waals surface area contributed by atoms with Crippen LogP contribution in [0, 0.1) is 13.8 Å². The molecular weight excluding hydrogens is 334 g/mol. The quantitative estimate of drug-likeness (QED) is 0.706. The minimum Gasteiger partial charge on any atom is -0.449 e. The summed E-state index contributed by atoms with van der Waals surface area (Å²) in [6, 6.07) is 10.6. The predicted octanol–water partition coefficient (Wildman–Crippen LogP) is 3.41. The van der Waals surface area contributed by atoms with Crippen LogP contribution in [0.1, 0.15) is 35.1 Å². The van der Waals surface area contributed by atoms with E-state index in [1.165, 1.54) is 0 Å². The Balaban J connectivity index is 1.82. The maximum atomic E-state index is 12.7. The zero-order valence-corrected chi connectivity index (χ0v) is 14.8. The second kappa shape index (κ2) is 7.35. The van der Waals surface area contributed by atoms with Gasteiger partial charge in [-0.15, -0.1) is 0 Å². The Labute approximate surface area is 150 Å². The molecular formula is C19H19N3O4. The summed E-state index contributed by atoms with van der Waals surface area (Å²) in [6.45, 7) is 5.24. The van der Waals surface area contributed by atoms with E-state index in [0.717, 1.165) is 0 Å². The Morgan fingerprint density at radius 1 is 1.23 bits per heavy atom. The average molecular weight is 353 g/mol. The third-order valence-electron chi connectivity index (χ3n) is 3.92. The van der Waals surface area contributed by atoms with E-state index in [0.29, 0.717) is 28.9 Å². The number of anilines is 1. The average Bonchev–Trinajstić information content (AvgIpc) is 3.00. The third kappa shape index (κ3) is 3.56. The largest absolute Gasteiger partial charge is 0.449 e. The summed E-state index contributed by atoms with van der Waals surface area (Å²) >= 11 is 0. The number of carbonyl (C=O) groups excluding carboxylic acids is 2. The van der Waals surface area contributed by atoms with Gasteiger partial charge in [0.2, 0.25) is 0 Å². The number of rotatable bonds is 5. The van der Waals surface area contributed by atoms with Crippen LogP contribution in [-0.4, -0.2) is 28.1 Å². The number of para-hydroxylation sites is 1. The standard InChI is InChI=1S/C19H19N3O4/c1-4-15(17(23)21-13-8-6-5-7-9-13)25-19(24)14-10-11(2)20-18-16(14)12(3)22-26-18/h5-10,15H,4H2,1-3H3,(H,21,23). The lowest BCUT2D eigenvalue weighted by Gasteiger charge is -2.16. The van der Waals surface area contributed by atoms with E-state index in [2.05, 4.69) is 15.5 Å². The van der Waals surface area contributed by atoms with Gasteiger partial charge in [0.25, 0.3) is 11.6 Å². The lowest BCUT2D eigenvalue weighted by Crippen LogP contribution is -2.32. The first-order valence-electron chi connectivity index (χ1n) is 8.30. The minimum absolute atomic E-state index is 0.274. The van der Waals surface area contributed by atoms with Crippen molar-refractivity contribution in [1.29, 1.82) is 0 Å². The molecule has 0 aliphatic heterocycles. The molecule has 1 amide bonds. The van der Waals surface area contributed by atoms with Gasteiger partial charge in [0.1, 0.15) is 0 Å². The van der Waals surface area contributed by atoms with Crippen molar-refractivity contribution >= 4 is 28.7 Å². The molecule has 0 radical (unpaired) electrons. The Morgan fingerprint density at radius 3 is 2.65 bits per heavy atom. The van der Waals surface area contributed by atoms with Crippen LogP contribution in [0.5, 0.6) is 0 Å². The molecule has 3 aromatic rings. The number of aromatic nitrogens is 2. The molecule has 0 spiro atoms. The first-order valence-corrected chi connectivity index (χ1v) is 8.30. The summed E-state index contributed by atoms with van der Waals surface area (Å²) in [5.74, 6) is -0.988. The van der Waals surface area contributed by atoms with Crippen LogP contribution < -0.4 is 5.32 Å². The van der Waals surface area contributed by atoms with E-state index in [4.69, 9.17) is 9.26 Å². The zero-order chi connectivity index (χ0) is 18.7. The Morgan fingerprint density at radius 2 is 1.96 bits per heavy atom. The van der Waals surface area contributed by atoms with Crippen molar-refractivity contribution in [2.75, 3.05) is 5.32 Å². The summed E-state index contributed by atoms with van der Waals surface area (Å²) in [7, 11) is 0. The Kier molecular flexibility index (Phi) is 4.97. The fourth-order valence-electron chi connectivity index (χ4n) is 2.64. The van der Waals surface area contributed by atoms with Crippen LogP contribution in [0.25, 0.3) is 11.1 Å². The summed E-state index contributed by atoms with van der Waals surface area (Å²) in [4.78, 5) is 29.3. The van der Waals surface area contributed by atoms with Crippen LogP contribution in [0.3, 0.4) is 0 Å². The minimum atomic E-state index is -0.911. The fourth-order valence-corrected chi connectivity index (χ4v) is 2.64. The second-order valence-electron chi connectivity index (χ2n) is 5.92. The molecule has 1 N–H and O–H groups in total. The summed E-state index contributed by atoms with van der Waals surface area (Å²) in [5.41, 5.74) is 2.35. The SMILES string of the molecule is CCC(OC(=O)c1cc(C)nc2onc(C)c12)C(=O)Nc1ccccc1. The number of nitrogens with zero attached hydrogens (tertiary/aromatic N) is 2. The van der Waals surface area contributed by atoms with Gasteiger partial charge in [0.05, 0.1) is 16.6 Å². The lowest BCUT2D eigenvalue weighted by molar-refractivity contribution is -0.124. The molecule has 7 nitrogen and oxygen atoms in total. The van der Waals surface area contributed by atoms with Crippen molar-refractivity contribution < 1.29 is 18.8 Å². The van der Waals surface area contributed by atoms with Crippen LogP contribution in [0.2, 0.25) is 0 Å². The molecule has 1 unspecified atom stereocenters. The highest BCUT2D eigenvalue weighted by molar-refractivity contribution is 6.04. The van der Waals surface area contributed by atoms with Crippen LogP contribution in [0.4, 0.5) is 5.69 Å². The number of esters is 1. The first kappa shape index (κ1) is 17.6. The molecule has 134 valence electrons. The molecule has 2 aromatic heterocycles. The van der Waals surface area contributed by atoms with Gasteiger partial charge in [0.15, 0.2) is 6.10 Å². The van der Waals surface area contributed by atoms with E-state index in [-0.39, 0.29) is 17.2 Å². The molecule has 26 heavy (non-hydrogen) atoms. The van der Waals surface area contributed by atoms with E-state index in [1.807, 2.05) is 18.2 Å². The fraction of sp³-hybridized carbons (Fsp3) is 0.263. The van der Waals surface area contributed by atoms with Gasteiger partial charge < -0.3 is 14.6 Å². The number of nitrogens with one attached hydrogen (secondary N) is 1. The van der Waals surface area contributed by atoms with Gasteiger partial charge in [-0.2, -0.15) is 0 Å². The highest BCUT2D eigenvalue weighted by atomic mass is 16.5. The number of hydrogen-bond donors (Lipinski definition) is 1. The van der Waals surface area contributed by atoms with E-state index in [9.17, 15) is 9.59 Å². The third-order valence-corrected chi connectivity index (χ3v) is 3.92. The predicted molar refractivity (Wildman–Crippen MR) is 95.8 cm³/mol. The molecule has 0 aliphatic carbocycles. The number of aryl methyl sites for hydroxylation is 2. The smallest absolute Gasteiger partial charge is 0.339 e. The molecule has 3 rings (SSSR count). The van der Waals surface area contributed by atoms with Crippen molar-refractivity contribution in [3.63, 3.8) is 0 Å². The number of amides is 1. The van der Waals surface area contributed by atoms with Gasteiger partial charge in [-0.05, 0) is 38.5 Å². The van der Waals surface area contributed by atoms with Crippen molar-refractivity contribution in [3.05, 3.63) is 53.3 Å². The molecule has 0 bridgehead atoms. The highest BCUT2D eigenvalue weighted by Gasteiger charge is 2.25. The first-order chi connectivity index (χ1) is 12.5. The summed E-state index contributed by atoms with van der Waals surface area (Å²) < 4.78 is 10.6. The molecule has 7 heteroatoms. The number of ether oxygens (including phenoxy) is 1. The zero-order valence-electron chi connectivity index (χ0n) is 14.8. The number of fused-ring (bicyclic) bond motifs is 1. The number of benzene rings is 1. The number of carbonyl (C=O) groups is 2. The molecule has 0 aliphatic rings. The van der Waals surface area contributed by atoms with E-state index in [1.54, 1.807) is 39.0 Å². The Bertz CT molecular complexity index is 950. The van der Waals surface area contributed by atoms with Gasteiger partial charge >= 0.3 is 5.97 Å². The maximum absolute atomic E-state index is 12.7. The molecule has 0 saturated carbocycles. The maximum Gasteiger partial charge on any atom is 0.339 e. The number of pyridine rings is 1. The molecule has 1 aromatic carbocycles.